The number of thioether (sulfide) groups is 1. The van der Waals surface area contributed by atoms with Crippen LogP contribution < -0.4 is 5.32 Å². The van der Waals surface area contributed by atoms with Gasteiger partial charge in [-0.25, -0.2) is 0 Å². The van der Waals surface area contributed by atoms with E-state index < -0.39 is 0 Å². The number of esters is 1. The van der Waals surface area contributed by atoms with Gasteiger partial charge in [-0.1, -0.05) is 0 Å². The van der Waals surface area contributed by atoms with Gasteiger partial charge < -0.3 is 15.0 Å². The van der Waals surface area contributed by atoms with Crippen LogP contribution in [0.2, 0.25) is 0 Å². The normalized spacial score (nSPS) is 20.6. The Balaban J connectivity index is 1.66. The maximum Gasteiger partial charge on any atom is 0.309 e. The van der Waals surface area contributed by atoms with Gasteiger partial charge in [0.1, 0.15) is 0 Å². The lowest BCUT2D eigenvalue weighted by molar-refractivity contribution is -0.149. The van der Waals surface area contributed by atoms with Crippen molar-refractivity contribution in [1.82, 2.24) is 4.90 Å². The van der Waals surface area contributed by atoms with E-state index in [1.54, 1.807) is 24.0 Å². The van der Waals surface area contributed by atoms with Gasteiger partial charge in [0.2, 0.25) is 5.91 Å². The molecule has 2 aliphatic heterocycles. The van der Waals surface area contributed by atoms with Gasteiger partial charge in [-0.15, -0.1) is 11.8 Å². The fourth-order valence-corrected chi connectivity index (χ4v) is 4.03. The molecule has 0 spiro atoms. The molecule has 1 saturated heterocycles. The minimum Gasteiger partial charge on any atom is -0.466 e. The number of rotatable bonds is 3. The predicted octanol–water partition coefficient (Wildman–Crippen LogP) is 2.53. The van der Waals surface area contributed by atoms with E-state index in [1.807, 2.05) is 13.0 Å². The number of nitrogens with one attached hydrogen (secondary N) is 1. The Bertz CT molecular complexity index is 698. The van der Waals surface area contributed by atoms with E-state index in [4.69, 9.17) is 4.74 Å². The van der Waals surface area contributed by atoms with Crippen LogP contribution in [0, 0.1) is 5.92 Å². The summed E-state index contributed by atoms with van der Waals surface area (Å²) in [5.74, 6) is -0.401. The lowest BCUT2D eigenvalue weighted by Gasteiger charge is -2.31. The molecule has 0 aromatic heterocycles. The predicted molar refractivity (Wildman–Crippen MR) is 95.7 cm³/mol. The minimum absolute atomic E-state index is 0.0441. The first-order chi connectivity index (χ1) is 12.0. The second-order valence-corrected chi connectivity index (χ2v) is 7.66. The zero-order valence-electron chi connectivity index (χ0n) is 14.4. The van der Waals surface area contributed by atoms with E-state index >= 15 is 0 Å². The fraction of sp³-hybridized carbons (Fsp3) is 0.500. The molecule has 1 aromatic rings. The Morgan fingerprint density at radius 1 is 1.32 bits per heavy atom. The van der Waals surface area contributed by atoms with Gasteiger partial charge >= 0.3 is 5.97 Å². The summed E-state index contributed by atoms with van der Waals surface area (Å²) in [5, 5.41) is 2.72. The number of amides is 2. The summed E-state index contributed by atoms with van der Waals surface area (Å²) in [5.41, 5.74) is 1.25. The highest BCUT2D eigenvalue weighted by Crippen LogP contribution is 2.36. The number of piperidine rings is 1. The molecule has 7 heteroatoms. The summed E-state index contributed by atoms with van der Waals surface area (Å²) in [6.07, 6.45) is 1.25. The highest BCUT2D eigenvalue weighted by Gasteiger charge is 2.29. The summed E-state index contributed by atoms with van der Waals surface area (Å²) in [7, 11) is 0. The molecule has 1 aromatic carbocycles. The van der Waals surface area contributed by atoms with Crippen molar-refractivity contribution < 1.29 is 19.1 Å². The Kier molecular flexibility index (Phi) is 5.32. The third-order valence-corrected chi connectivity index (χ3v) is 5.74. The van der Waals surface area contributed by atoms with E-state index in [1.165, 1.54) is 11.8 Å². The molecule has 0 unspecified atom stereocenters. The number of carbonyl (C=O) groups is 3. The molecule has 3 rings (SSSR count). The highest BCUT2D eigenvalue weighted by atomic mass is 32.2. The monoisotopic (exact) mass is 362 g/mol. The molecule has 2 amide bonds. The highest BCUT2D eigenvalue weighted by molar-refractivity contribution is 8.00. The SMILES string of the molecule is CCOC(=O)C1CCN(C(=O)c2ccc3c(c2)NC(=O)[C@@H](C)S3)CC1. The molecule has 1 fully saturated rings. The summed E-state index contributed by atoms with van der Waals surface area (Å²) in [4.78, 5) is 39.1. The molecule has 1 atom stereocenters. The van der Waals surface area contributed by atoms with Crippen LogP contribution in [0.4, 0.5) is 5.69 Å². The first-order valence-corrected chi connectivity index (χ1v) is 9.45. The van der Waals surface area contributed by atoms with Crippen molar-refractivity contribution in [2.45, 2.75) is 36.8 Å². The molecule has 0 saturated carbocycles. The van der Waals surface area contributed by atoms with Crippen molar-refractivity contribution in [3.05, 3.63) is 23.8 Å². The van der Waals surface area contributed by atoms with Crippen molar-refractivity contribution in [1.29, 1.82) is 0 Å². The zero-order valence-corrected chi connectivity index (χ0v) is 15.2. The van der Waals surface area contributed by atoms with Gasteiger partial charge in [0.15, 0.2) is 0 Å². The van der Waals surface area contributed by atoms with Gasteiger partial charge in [-0.2, -0.15) is 0 Å². The maximum absolute atomic E-state index is 12.7. The lowest BCUT2D eigenvalue weighted by atomic mass is 9.96. The summed E-state index contributed by atoms with van der Waals surface area (Å²) >= 11 is 1.50. The molecule has 25 heavy (non-hydrogen) atoms. The van der Waals surface area contributed by atoms with Gasteiger partial charge in [0, 0.05) is 23.5 Å². The molecule has 0 radical (unpaired) electrons. The fourth-order valence-electron chi connectivity index (χ4n) is 3.10. The van der Waals surface area contributed by atoms with Crippen LogP contribution >= 0.6 is 11.8 Å². The Labute approximate surface area is 151 Å². The number of carbonyl (C=O) groups excluding carboxylic acids is 3. The Morgan fingerprint density at radius 2 is 2.04 bits per heavy atom. The maximum atomic E-state index is 12.7. The zero-order chi connectivity index (χ0) is 18.0. The topological polar surface area (TPSA) is 75.7 Å². The van der Waals surface area contributed by atoms with Crippen LogP contribution in [0.25, 0.3) is 0 Å². The number of nitrogens with zero attached hydrogens (tertiary/aromatic N) is 1. The van der Waals surface area contributed by atoms with Crippen molar-refractivity contribution >= 4 is 35.2 Å². The van der Waals surface area contributed by atoms with Gasteiger partial charge in [0.25, 0.3) is 5.91 Å². The Morgan fingerprint density at radius 3 is 2.72 bits per heavy atom. The molecule has 1 N–H and O–H groups in total. The number of ether oxygens (including phenoxy) is 1. The third kappa shape index (κ3) is 3.81. The van der Waals surface area contributed by atoms with Crippen LogP contribution in [0.15, 0.2) is 23.1 Å². The summed E-state index contributed by atoms with van der Waals surface area (Å²) in [6.45, 7) is 5.12. The molecule has 2 aliphatic rings. The van der Waals surface area contributed by atoms with Crippen molar-refractivity contribution in [3.8, 4) is 0 Å². The summed E-state index contributed by atoms with van der Waals surface area (Å²) < 4.78 is 5.06. The Hall–Kier alpha value is -2.02. The van der Waals surface area contributed by atoms with E-state index in [0.717, 1.165) is 4.90 Å². The number of fused-ring (bicyclic) bond motifs is 1. The molecule has 6 nitrogen and oxygen atoms in total. The number of anilines is 1. The van der Waals surface area contributed by atoms with Crippen molar-refractivity contribution in [2.75, 3.05) is 25.0 Å². The molecule has 2 heterocycles. The second kappa shape index (κ2) is 7.47. The molecular formula is C18H22N2O4S. The van der Waals surface area contributed by atoms with Gasteiger partial charge in [0.05, 0.1) is 23.5 Å². The van der Waals surface area contributed by atoms with Crippen LogP contribution in [0.5, 0.6) is 0 Å². The number of hydrogen-bond donors (Lipinski definition) is 1. The van der Waals surface area contributed by atoms with E-state index in [9.17, 15) is 14.4 Å². The molecule has 0 bridgehead atoms. The van der Waals surface area contributed by atoms with E-state index in [2.05, 4.69) is 5.32 Å². The molecule has 0 aliphatic carbocycles. The first-order valence-electron chi connectivity index (χ1n) is 8.57. The number of hydrogen-bond acceptors (Lipinski definition) is 5. The van der Waals surface area contributed by atoms with Crippen LogP contribution in [0.3, 0.4) is 0 Å². The average molecular weight is 362 g/mol. The van der Waals surface area contributed by atoms with E-state index in [0.29, 0.717) is 43.8 Å². The first kappa shape index (κ1) is 17.8. The van der Waals surface area contributed by atoms with Gasteiger partial charge in [-0.3, -0.25) is 14.4 Å². The van der Waals surface area contributed by atoms with Crippen LogP contribution in [0.1, 0.15) is 37.0 Å². The van der Waals surface area contributed by atoms with Crippen LogP contribution in [-0.2, 0) is 14.3 Å². The van der Waals surface area contributed by atoms with Crippen molar-refractivity contribution in [3.63, 3.8) is 0 Å². The average Bonchev–Trinajstić information content (AvgIpc) is 2.62. The number of likely N-dealkylation sites (tertiary alicyclic amines) is 1. The quantitative estimate of drug-likeness (QED) is 0.836. The third-order valence-electron chi connectivity index (χ3n) is 4.56. The molecule has 134 valence electrons. The van der Waals surface area contributed by atoms with Crippen LogP contribution in [-0.4, -0.2) is 47.6 Å². The second-order valence-electron chi connectivity index (χ2n) is 6.28. The standard InChI is InChI=1S/C18H22N2O4S/c1-3-24-18(23)12-6-8-20(9-7-12)17(22)13-4-5-15-14(10-13)19-16(21)11(2)25-15/h4-5,10-12H,3,6-9H2,1-2H3,(H,19,21)/t11-/m1/s1. The minimum atomic E-state index is -0.169. The smallest absolute Gasteiger partial charge is 0.309 e. The summed E-state index contributed by atoms with van der Waals surface area (Å²) in [6, 6.07) is 5.43. The van der Waals surface area contributed by atoms with E-state index in [-0.39, 0.29) is 29.0 Å². The largest absolute Gasteiger partial charge is 0.466 e. The number of benzene rings is 1. The van der Waals surface area contributed by atoms with Gasteiger partial charge in [-0.05, 0) is 44.9 Å². The van der Waals surface area contributed by atoms with Crippen molar-refractivity contribution in [2.24, 2.45) is 5.92 Å². The molecular weight excluding hydrogens is 340 g/mol. The lowest BCUT2D eigenvalue weighted by Crippen LogP contribution is -2.40.